The molecule has 4 atom stereocenters. The third-order valence-corrected chi connectivity index (χ3v) is 7.17. The van der Waals surface area contributed by atoms with E-state index in [-0.39, 0.29) is 30.8 Å². The summed E-state index contributed by atoms with van der Waals surface area (Å²) >= 11 is 0. The average Bonchev–Trinajstić information content (AvgIpc) is 3.34. The highest BCUT2D eigenvalue weighted by molar-refractivity contribution is 5.82. The highest BCUT2D eigenvalue weighted by Gasteiger charge is 2.50. The number of carbonyl (C=O) groups excluding carboxylic acids is 1. The van der Waals surface area contributed by atoms with Crippen LogP contribution in [0.2, 0.25) is 0 Å². The first-order chi connectivity index (χ1) is 13.3. The van der Waals surface area contributed by atoms with Crippen LogP contribution >= 0.6 is 0 Å². The molecule has 154 valence electrons. The van der Waals surface area contributed by atoms with E-state index in [2.05, 4.69) is 36.1 Å². The van der Waals surface area contributed by atoms with Crippen LogP contribution in [-0.4, -0.2) is 54.1 Å². The highest BCUT2D eigenvalue weighted by atomic mass is 19.4. The van der Waals surface area contributed by atoms with Gasteiger partial charge in [-0.15, -0.1) is 0 Å². The molecule has 0 aromatic heterocycles. The topological polar surface area (TPSA) is 23.6 Å². The molecule has 1 amide bonds. The number of benzene rings is 1. The lowest BCUT2D eigenvalue weighted by Crippen LogP contribution is -2.40. The maximum absolute atomic E-state index is 12.8. The normalized spacial score (nSPS) is 30.8. The summed E-state index contributed by atoms with van der Waals surface area (Å²) in [5.74, 6) is -1.05. The van der Waals surface area contributed by atoms with Gasteiger partial charge in [0.1, 0.15) is 0 Å². The Balaban J connectivity index is 1.36. The SMILES string of the molecule is CC1CCCN1CCc1ccc(C2CCC3CN(C(=O)C(F)(F)F)CC32)cc1. The van der Waals surface area contributed by atoms with Crippen LogP contribution in [0.3, 0.4) is 0 Å². The van der Waals surface area contributed by atoms with Crippen molar-refractivity contribution < 1.29 is 18.0 Å². The summed E-state index contributed by atoms with van der Waals surface area (Å²) < 4.78 is 38.3. The van der Waals surface area contributed by atoms with E-state index in [4.69, 9.17) is 0 Å². The van der Waals surface area contributed by atoms with Crippen molar-refractivity contribution in [1.29, 1.82) is 0 Å². The number of fused-ring (bicyclic) bond motifs is 1. The first-order valence-corrected chi connectivity index (χ1v) is 10.5. The summed E-state index contributed by atoms with van der Waals surface area (Å²) in [4.78, 5) is 15.1. The number of rotatable bonds is 4. The van der Waals surface area contributed by atoms with Crippen molar-refractivity contribution in [3.05, 3.63) is 35.4 Å². The van der Waals surface area contributed by atoms with Gasteiger partial charge in [-0.05, 0) is 74.5 Å². The quantitative estimate of drug-likeness (QED) is 0.763. The van der Waals surface area contributed by atoms with Crippen molar-refractivity contribution in [2.75, 3.05) is 26.2 Å². The Morgan fingerprint density at radius 2 is 1.86 bits per heavy atom. The van der Waals surface area contributed by atoms with Gasteiger partial charge in [0.2, 0.25) is 0 Å². The molecule has 0 radical (unpaired) electrons. The predicted octanol–water partition coefficient (Wildman–Crippen LogP) is 4.23. The largest absolute Gasteiger partial charge is 0.471 e. The number of hydrogen-bond donors (Lipinski definition) is 0. The van der Waals surface area contributed by atoms with E-state index in [1.54, 1.807) is 0 Å². The Labute approximate surface area is 164 Å². The van der Waals surface area contributed by atoms with E-state index in [1.807, 2.05) is 0 Å². The van der Waals surface area contributed by atoms with Crippen LogP contribution in [0.15, 0.2) is 24.3 Å². The van der Waals surface area contributed by atoms with Gasteiger partial charge in [0, 0.05) is 25.7 Å². The van der Waals surface area contributed by atoms with Crippen LogP contribution < -0.4 is 0 Å². The molecule has 1 aromatic carbocycles. The molecule has 4 unspecified atom stereocenters. The lowest BCUT2D eigenvalue weighted by Gasteiger charge is -2.22. The molecular weight excluding hydrogens is 365 g/mol. The van der Waals surface area contributed by atoms with Gasteiger partial charge in [-0.3, -0.25) is 4.79 Å². The van der Waals surface area contributed by atoms with E-state index in [0.717, 1.165) is 30.7 Å². The summed E-state index contributed by atoms with van der Waals surface area (Å²) in [6.07, 6.45) is 0.770. The molecule has 2 heterocycles. The fourth-order valence-corrected chi connectivity index (χ4v) is 5.55. The van der Waals surface area contributed by atoms with Gasteiger partial charge in [-0.2, -0.15) is 13.2 Å². The van der Waals surface area contributed by atoms with Crippen molar-refractivity contribution in [1.82, 2.24) is 9.80 Å². The summed E-state index contributed by atoms with van der Waals surface area (Å²) in [7, 11) is 0. The maximum Gasteiger partial charge on any atom is 0.471 e. The minimum Gasteiger partial charge on any atom is -0.334 e. The zero-order valence-electron chi connectivity index (χ0n) is 16.4. The lowest BCUT2D eigenvalue weighted by atomic mass is 9.86. The molecule has 0 N–H and O–H groups in total. The van der Waals surface area contributed by atoms with Gasteiger partial charge >= 0.3 is 12.1 Å². The minimum atomic E-state index is -4.76. The first-order valence-electron chi connectivity index (χ1n) is 10.5. The van der Waals surface area contributed by atoms with E-state index in [0.29, 0.717) is 6.04 Å². The number of halogens is 3. The minimum absolute atomic E-state index is 0.155. The second-order valence-corrected chi connectivity index (χ2v) is 8.83. The van der Waals surface area contributed by atoms with Crippen molar-refractivity contribution in [3.8, 4) is 0 Å². The molecule has 0 bridgehead atoms. The fourth-order valence-electron chi connectivity index (χ4n) is 5.55. The predicted molar refractivity (Wildman–Crippen MR) is 102 cm³/mol. The molecular formula is C22H29F3N2O. The summed E-state index contributed by atoms with van der Waals surface area (Å²) in [6, 6.07) is 9.35. The van der Waals surface area contributed by atoms with Gasteiger partial charge in [-0.1, -0.05) is 24.3 Å². The van der Waals surface area contributed by atoms with Crippen LogP contribution in [0.5, 0.6) is 0 Å². The summed E-state index contributed by atoms with van der Waals surface area (Å²) in [5.41, 5.74) is 2.53. The van der Waals surface area contributed by atoms with Crippen LogP contribution in [0.1, 0.15) is 49.7 Å². The van der Waals surface area contributed by atoms with E-state index >= 15 is 0 Å². The van der Waals surface area contributed by atoms with E-state index in [1.165, 1.54) is 30.5 Å². The van der Waals surface area contributed by atoms with Crippen LogP contribution in [0.25, 0.3) is 0 Å². The molecule has 6 heteroatoms. The monoisotopic (exact) mass is 394 g/mol. The number of hydrogen-bond acceptors (Lipinski definition) is 2. The molecule has 4 rings (SSSR count). The molecule has 1 aromatic rings. The summed E-state index contributed by atoms with van der Waals surface area (Å²) in [6.45, 7) is 5.07. The van der Waals surface area contributed by atoms with E-state index < -0.39 is 12.1 Å². The number of amides is 1. The van der Waals surface area contributed by atoms with Gasteiger partial charge < -0.3 is 9.80 Å². The zero-order chi connectivity index (χ0) is 19.9. The first kappa shape index (κ1) is 19.7. The van der Waals surface area contributed by atoms with Gasteiger partial charge in [0.05, 0.1) is 0 Å². The molecule has 1 saturated carbocycles. The molecule has 2 saturated heterocycles. The molecule has 1 aliphatic carbocycles. The third kappa shape index (κ3) is 3.93. The molecule has 3 fully saturated rings. The smallest absolute Gasteiger partial charge is 0.334 e. The Hall–Kier alpha value is -1.56. The van der Waals surface area contributed by atoms with Gasteiger partial charge in [0.15, 0.2) is 0 Å². The lowest BCUT2D eigenvalue weighted by molar-refractivity contribution is -0.184. The van der Waals surface area contributed by atoms with Crippen molar-refractivity contribution in [2.45, 2.75) is 57.2 Å². The highest BCUT2D eigenvalue weighted by Crippen LogP contribution is 2.48. The molecule has 3 aliphatic rings. The standard InChI is InChI=1S/C22H29F3N2O/c1-15-3-2-11-26(15)12-10-16-4-6-17(7-5-16)19-9-8-18-13-27(14-20(18)19)21(28)22(23,24)25/h4-7,15,18-20H,2-3,8-14H2,1H3. The third-order valence-electron chi connectivity index (χ3n) is 7.17. The van der Waals surface area contributed by atoms with Gasteiger partial charge in [0.25, 0.3) is 0 Å². The van der Waals surface area contributed by atoms with Crippen molar-refractivity contribution in [2.24, 2.45) is 11.8 Å². The van der Waals surface area contributed by atoms with Crippen molar-refractivity contribution >= 4 is 5.91 Å². The fraction of sp³-hybridized carbons (Fsp3) is 0.682. The van der Waals surface area contributed by atoms with Gasteiger partial charge in [-0.25, -0.2) is 0 Å². The zero-order valence-corrected chi connectivity index (χ0v) is 16.4. The summed E-state index contributed by atoms with van der Waals surface area (Å²) in [5, 5.41) is 0. The molecule has 2 aliphatic heterocycles. The van der Waals surface area contributed by atoms with Crippen LogP contribution in [0, 0.1) is 11.8 Å². The Morgan fingerprint density at radius 1 is 1.11 bits per heavy atom. The van der Waals surface area contributed by atoms with E-state index in [9.17, 15) is 18.0 Å². The number of likely N-dealkylation sites (tertiary alicyclic amines) is 2. The number of alkyl halides is 3. The second kappa shape index (κ2) is 7.69. The Kier molecular flexibility index (Phi) is 5.43. The molecule has 0 spiro atoms. The molecule has 28 heavy (non-hydrogen) atoms. The van der Waals surface area contributed by atoms with Crippen LogP contribution in [0.4, 0.5) is 13.2 Å². The average molecular weight is 394 g/mol. The maximum atomic E-state index is 12.8. The Bertz CT molecular complexity index is 703. The van der Waals surface area contributed by atoms with Crippen LogP contribution in [-0.2, 0) is 11.2 Å². The number of nitrogens with zero attached hydrogens (tertiary/aromatic N) is 2. The second-order valence-electron chi connectivity index (χ2n) is 8.83. The number of carbonyl (C=O) groups is 1. The molecule has 3 nitrogen and oxygen atoms in total. The van der Waals surface area contributed by atoms with Crippen molar-refractivity contribution in [3.63, 3.8) is 0 Å². The Morgan fingerprint density at radius 3 is 2.50 bits per heavy atom.